The van der Waals surface area contributed by atoms with Crippen LogP contribution in [0.15, 0.2) is 11.6 Å². The van der Waals surface area contributed by atoms with Gasteiger partial charge in [0.15, 0.2) is 5.79 Å². The Balaban J connectivity index is 2.27. The first-order chi connectivity index (χ1) is 12.4. The Morgan fingerprint density at radius 3 is 2.41 bits per heavy atom. The van der Waals surface area contributed by atoms with E-state index >= 15 is 0 Å². The fourth-order valence-corrected chi connectivity index (χ4v) is 3.15. The molecule has 1 atom stereocenters. The molecule has 0 radical (unpaired) electrons. The molecule has 0 unspecified atom stereocenters. The zero-order chi connectivity index (χ0) is 20.7. The fourth-order valence-electron chi connectivity index (χ4n) is 2.42. The second-order valence-electron chi connectivity index (χ2n) is 7.96. The van der Waals surface area contributed by atoms with Gasteiger partial charge in [0.25, 0.3) is 0 Å². The Labute approximate surface area is 166 Å². The van der Waals surface area contributed by atoms with Gasteiger partial charge in [-0.05, 0) is 33.8 Å². The molecule has 2 amide bonds. The van der Waals surface area contributed by atoms with Crippen LogP contribution in [-0.4, -0.2) is 54.3 Å². The average molecular weight is 401 g/mol. The number of rotatable bonds is 8. The largest absolute Gasteiger partial charge is 0.355 e. The Morgan fingerprint density at radius 2 is 1.78 bits per heavy atom. The highest BCUT2D eigenvalue weighted by molar-refractivity contribution is 8.14. The smallest absolute Gasteiger partial charge is 0.249 e. The van der Waals surface area contributed by atoms with Crippen LogP contribution in [0.2, 0.25) is 0 Å². The second-order valence-corrected chi connectivity index (χ2v) is 9.05. The molecule has 1 aliphatic heterocycles. The Morgan fingerprint density at radius 1 is 1.11 bits per heavy atom. The number of nitrogens with one attached hydrogen (secondary N) is 2. The van der Waals surface area contributed by atoms with E-state index in [1.165, 1.54) is 11.8 Å². The van der Waals surface area contributed by atoms with Gasteiger partial charge in [-0.25, -0.2) is 0 Å². The van der Waals surface area contributed by atoms with Crippen LogP contribution < -0.4 is 10.6 Å². The molecule has 2 N–H and O–H groups in total. The van der Waals surface area contributed by atoms with E-state index in [4.69, 9.17) is 9.47 Å². The molecule has 0 aromatic rings. The summed E-state index contributed by atoms with van der Waals surface area (Å²) in [6.07, 6.45) is 1.11. The van der Waals surface area contributed by atoms with Crippen molar-refractivity contribution in [3.63, 3.8) is 0 Å². The Hall–Kier alpha value is -1.38. The van der Waals surface area contributed by atoms with Gasteiger partial charge < -0.3 is 20.1 Å². The van der Waals surface area contributed by atoms with Gasteiger partial charge in [-0.1, -0.05) is 31.2 Å². The number of allylic oxidation sites excluding steroid dienone is 1. The number of carbonyl (C=O) groups is 3. The third-order valence-corrected chi connectivity index (χ3v) is 4.68. The number of amides is 2. The number of hydrogen-bond acceptors (Lipinski definition) is 6. The lowest BCUT2D eigenvalue weighted by Crippen LogP contribution is -2.56. The molecule has 0 aromatic heterocycles. The summed E-state index contributed by atoms with van der Waals surface area (Å²) in [5, 5.41) is 5.48. The molecule has 8 heteroatoms. The lowest BCUT2D eigenvalue weighted by Gasteiger charge is -2.44. The third kappa shape index (κ3) is 8.90. The predicted molar refractivity (Wildman–Crippen MR) is 106 cm³/mol. The first-order valence-electron chi connectivity index (χ1n) is 9.11. The maximum atomic E-state index is 12.4. The molecule has 1 heterocycles. The highest BCUT2D eigenvalue weighted by Crippen LogP contribution is 2.34. The summed E-state index contributed by atoms with van der Waals surface area (Å²) in [7, 11) is 0. The highest BCUT2D eigenvalue weighted by Gasteiger charge is 2.45. The van der Waals surface area contributed by atoms with E-state index in [1.807, 2.05) is 27.7 Å². The van der Waals surface area contributed by atoms with Crippen molar-refractivity contribution < 1.29 is 23.9 Å². The Kier molecular flexibility index (Phi) is 8.98. The van der Waals surface area contributed by atoms with E-state index in [0.29, 0.717) is 18.9 Å². The van der Waals surface area contributed by atoms with Crippen LogP contribution in [-0.2, 0) is 23.9 Å². The molecule has 1 fully saturated rings. The zero-order valence-corrected chi connectivity index (χ0v) is 18.0. The topological polar surface area (TPSA) is 93.7 Å². The van der Waals surface area contributed by atoms with Gasteiger partial charge in [-0.2, -0.15) is 0 Å². The average Bonchev–Trinajstić information content (AvgIpc) is 2.53. The summed E-state index contributed by atoms with van der Waals surface area (Å²) >= 11 is 1.17. The maximum absolute atomic E-state index is 12.4. The van der Waals surface area contributed by atoms with Crippen molar-refractivity contribution in [3.05, 3.63) is 11.6 Å². The minimum absolute atomic E-state index is 0.0153. The van der Waals surface area contributed by atoms with Gasteiger partial charge in [-0.3, -0.25) is 14.4 Å². The number of carbonyl (C=O) groups excluding carboxylic acids is 3. The molecular weight excluding hydrogens is 368 g/mol. The minimum atomic E-state index is -0.810. The van der Waals surface area contributed by atoms with E-state index in [1.54, 1.807) is 19.9 Å². The zero-order valence-electron chi connectivity index (χ0n) is 17.1. The molecule has 0 bridgehead atoms. The van der Waals surface area contributed by atoms with E-state index in [2.05, 4.69) is 10.6 Å². The second kappa shape index (κ2) is 10.2. The SMILES string of the molecule is CC(C)=CC(=O)SCCNC(=O)CCNC(=O)[C@@H]1OC(C)(C)OCC1(C)C. The van der Waals surface area contributed by atoms with E-state index in [0.717, 1.165) is 5.57 Å². The first kappa shape index (κ1) is 23.7. The van der Waals surface area contributed by atoms with Crippen molar-refractivity contribution >= 4 is 28.7 Å². The van der Waals surface area contributed by atoms with Crippen molar-refractivity contribution in [2.75, 3.05) is 25.4 Å². The normalized spacial score (nSPS) is 20.4. The molecule has 0 aromatic carbocycles. The first-order valence-corrected chi connectivity index (χ1v) is 10.1. The van der Waals surface area contributed by atoms with Crippen molar-refractivity contribution in [2.24, 2.45) is 5.41 Å². The number of hydrogen-bond donors (Lipinski definition) is 2. The molecule has 27 heavy (non-hydrogen) atoms. The van der Waals surface area contributed by atoms with Crippen LogP contribution in [0.5, 0.6) is 0 Å². The summed E-state index contributed by atoms with van der Waals surface area (Å²) in [6, 6.07) is 0. The summed E-state index contributed by atoms with van der Waals surface area (Å²) < 4.78 is 11.4. The van der Waals surface area contributed by atoms with Gasteiger partial charge in [0.1, 0.15) is 6.10 Å². The van der Waals surface area contributed by atoms with E-state index in [9.17, 15) is 14.4 Å². The van der Waals surface area contributed by atoms with Gasteiger partial charge in [-0.15, -0.1) is 0 Å². The molecule has 0 aliphatic carbocycles. The lowest BCUT2D eigenvalue weighted by atomic mass is 9.85. The van der Waals surface area contributed by atoms with Crippen molar-refractivity contribution in [3.8, 4) is 0 Å². The van der Waals surface area contributed by atoms with Crippen molar-refractivity contribution in [1.82, 2.24) is 10.6 Å². The highest BCUT2D eigenvalue weighted by atomic mass is 32.2. The molecular formula is C19H32N2O5S. The van der Waals surface area contributed by atoms with Crippen LogP contribution in [0.4, 0.5) is 0 Å². The number of thioether (sulfide) groups is 1. The van der Waals surface area contributed by atoms with Crippen LogP contribution in [0.3, 0.4) is 0 Å². The summed E-state index contributed by atoms with van der Waals surface area (Å²) in [4.78, 5) is 35.8. The van der Waals surface area contributed by atoms with Gasteiger partial charge in [0.2, 0.25) is 16.9 Å². The van der Waals surface area contributed by atoms with Crippen LogP contribution in [0, 0.1) is 5.41 Å². The van der Waals surface area contributed by atoms with Crippen LogP contribution >= 0.6 is 11.8 Å². The maximum Gasteiger partial charge on any atom is 0.249 e. The van der Waals surface area contributed by atoms with Crippen LogP contribution in [0.25, 0.3) is 0 Å². The molecule has 0 saturated carbocycles. The minimum Gasteiger partial charge on any atom is -0.355 e. The van der Waals surface area contributed by atoms with Crippen LogP contribution in [0.1, 0.15) is 48.0 Å². The molecule has 1 aliphatic rings. The quantitative estimate of drug-likeness (QED) is 0.478. The monoisotopic (exact) mass is 400 g/mol. The molecule has 1 saturated heterocycles. The third-order valence-electron chi connectivity index (χ3n) is 3.87. The van der Waals surface area contributed by atoms with Gasteiger partial charge >= 0.3 is 0 Å². The van der Waals surface area contributed by atoms with Gasteiger partial charge in [0.05, 0.1) is 6.61 Å². The number of ether oxygens (including phenoxy) is 2. The van der Waals surface area contributed by atoms with E-state index < -0.39 is 17.3 Å². The summed E-state index contributed by atoms with van der Waals surface area (Å²) in [6.45, 7) is 12.1. The molecule has 7 nitrogen and oxygen atoms in total. The molecule has 154 valence electrons. The van der Waals surface area contributed by atoms with Crippen molar-refractivity contribution in [2.45, 2.75) is 59.9 Å². The van der Waals surface area contributed by atoms with E-state index in [-0.39, 0.29) is 29.9 Å². The predicted octanol–water partition coefficient (Wildman–Crippen LogP) is 2.01. The lowest BCUT2D eigenvalue weighted by molar-refractivity contribution is -0.304. The fraction of sp³-hybridized carbons (Fsp3) is 0.737. The standard InChI is InChI=1S/C19H32N2O5S/c1-13(2)11-15(23)27-10-9-20-14(22)7-8-21-17(24)16-18(3,4)12-25-19(5,6)26-16/h11,16H,7-10,12H2,1-6H3,(H,20,22)(H,21,24)/t16-/m0/s1. The van der Waals surface area contributed by atoms with Gasteiger partial charge in [0, 0.05) is 30.7 Å². The van der Waals surface area contributed by atoms with Crippen molar-refractivity contribution in [1.29, 1.82) is 0 Å². The summed E-state index contributed by atoms with van der Waals surface area (Å²) in [5.74, 6) is -0.708. The Bertz CT molecular complexity index is 583. The summed E-state index contributed by atoms with van der Waals surface area (Å²) in [5.41, 5.74) is 0.504. The molecule has 1 rings (SSSR count). The molecule has 0 spiro atoms.